The van der Waals surface area contributed by atoms with Crippen LogP contribution in [0.2, 0.25) is 0 Å². The number of carbonyl (C=O) groups excluding carboxylic acids is 1. The van der Waals surface area contributed by atoms with Gasteiger partial charge in [0.25, 0.3) is 0 Å². The lowest BCUT2D eigenvalue weighted by atomic mass is 9.93. The molecule has 2 atom stereocenters. The molecule has 122 valence electrons. The Bertz CT molecular complexity index is 514. The van der Waals surface area contributed by atoms with Crippen molar-refractivity contribution in [2.45, 2.75) is 45.2 Å². The molecular weight excluding hydrogens is 288 g/mol. The number of hydrazine groups is 1. The first-order valence-electron chi connectivity index (χ1n) is 7.69. The second-order valence-corrected chi connectivity index (χ2v) is 5.92. The lowest BCUT2D eigenvalue weighted by molar-refractivity contribution is -0.121. The number of carbonyl (C=O) groups is 1. The van der Waals surface area contributed by atoms with Gasteiger partial charge < -0.3 is 5.32 Å². The van der Waals surface area contributed by atoms with Gasteiger partial charge in [0.1, 0.15) is 0 Å². The summed E-state index contributed by atoms with van der Waals surface area (Å²) < 4.78 is 25.9. The Labute approximate surface area is 129 Å². The smallest absolute Gasteiger partial charge is 0.220 e. The number of hydrogen-bond acceptors (Lipinski definition) is 3. The fourth-order valence-electron chi connectivity index (χ4n) is 2.83. The molecule has 1 aliphatic heterocycles. The highest BCUT2D eigenvalue weighted by atomic mass is 19.2. The van der Waals surface area contributed by atoms with E-state index in [4.69, 9.17) is 0 Å². The van der Waals surface area contributed by atoms with E-state index in [1.54, 1.807) is 0 Å². The number of aryl methyl sites for hydroxylation is 1. The summed E-state index contributed by atoms with van der Waals surface area (Å²) in [5, 5.41) is 2.88. The van der Waals surface area contributed by atoms with Crippen LogP contribution in [0.1, 0.15) is 32.3 Å². The average Bonchev–Trinajstić information content (AvgIpc) is 2.80. The topological polar surface area (TPSA) is 53.2 Å². The van der Waals surface area contributed by atoms with E-state index in [-0.39, 0.29) is 12.3 Å². The lowest BCUT2D eigenvalue weighted by Gasteiger charge is -2.17. The van der Waals surface area contributed by atoms with Gasteiger partial charge >= 0.3 is 0 Å². The zero-order valence-corrected chi connectivity index (χ0v) is 13.0. The fourth-order valence-corrected chi connectivity index (χ4v) is 2.83. The van der Waals surface area contributed by atoms with E-state index in [0.29, 0.717) is 36.5 Å². The molecule has 1 saturated heterocycles. The third-order valence-electron chi connectivity index (χ3n) is 4.25. The summed E-state index contributed by atoms with van der Waals surface area (Å²) in [6, 6.07) is 4.50. The number of nitrogens with one attached hydrogen (secondary N) is 3. The SMILES string of the molecule is CC1NNC(C)C1CCNC(=O)CCc1ccc(F)c(F)c1. The van der Waals surface area contributed by atoms with Crippen LogP contribution in [0.4, 0.5) is 8.78 Å². The van der Waals surface area contributed by atoms with Crippen LogP contribution < -0.4 is 16.2 Å². The standard InChI is InChI=1S/C16H23F2N3O/c1-10-13(11(2)21-20-10)7-8-19-16(22)6-4-12-3-5-14(17)15(18)9-12/h3,5,9-11,13,20-21H,4,6-8H2,1-2H3,(H,19,22). The molecule has 0 saturated carbocycles. The maximum absolute atomic E-state index is 13.1. The van der Waals surface area contributed by atoms with Gasteiger partial charge in [0.05, 0.1) is 0 Å². The maximum atomic E-state index is 13.1. The van der Waals surface area contributed by atoms with Gasteiger partial charge in [0, 0.05) is 25.0 Å². The minimum atomic E-state index is -0.873. The Morgan fingerprint density at radius 2 is 1.86 bits per heavy atom. The van der Waals surface area contributed by atoms with Crippen molar-refractivity contribution >= 4 is 5.91 Å². The van der Waals surface area contributed by atoms with E-state index < -0.39 is 11.6 Å². The number of halogens is 2. The van der Waals surface area contributed by atoms with Crippen molar-refractivity contribution in [2.24, 2.45) is 5.92 Å². The molecular formula is C16H23F2N3O. The third-order valence-corrected chi connectivity index (χ3v) is 4.25. The summed E-state index contributed by atoms with van der Waals surface area (Å²) in [6.07, 6.45) is 1.58. The van der Waals surface area contributed by atoms with E-state index in [2.05, 4.69) is 30.0 Å². The second-order valence-electron chi connectivity index (χ2n) is 5.92. The van der Waals surface area contributed by atoms with Crippen molar-refractivity contribution in [1.29, 1.82) is 0 Å². The summed E-state index contributed by atoms with van der Waals surface area (Å²) in [5.41, 5.74) is 7.00. The number of rotatable bonds is 6. The molecule has 2 rings (SSSR count). The molecule has 0 bridgehead atoms. The van der Waals surface area contributed by atoms with Crippen molar-refractivity contribution in [3.8, 4) is 0 Å². The minimum Gasteiger partial charge on any atom is -0.356 e. The Hall–Kier alpha value is -1.53. The largest absolute Gasteiger partial charge is 0.356 e. The molecule has 3 N–H and O–H groups in total. The Morgan fingerprint density at radius 1 is 1.18 bits per heavy atom. The van der Waals surface area contributed by atoms with Gasteiger partial charge in [0.15, 0.2) is 11.6 Å². The summed E-state index contributed by atoms with van der Waals surface area (Å²) in [7, 11) is 0. The van der Waals surface area contributed by atoms with Crippen LogP contribution in [-0.2, 0) is 11.2 Å². The third kappa shape index (κ3) is 4.48. The lowest BCUT2D eigenvalue weighted by Crippen LogP contribution is -2.31. The van der Waals surface area contributed by atoms with E-state index in [0.717, 1.165) is 18.6 Å². The van der Waals surface area contributed by atoms with Crippen molar-refractivity contribution in [2.75, 3.05) is 6.54 Å². The van der Waals surface area contributed by atoms with E-state index in [9.17, 15) is 13.6 Å². The molecule has 0 aromatic heterocycles. The molecule has 1 amide bonds. The number of amides is 1. The predicted molar refractivity (Wildman–Crippen MR) is 81.0 cm³/mol. The molecule has 6 heteroatoms. The zero-order valence-electron chi connectivity index (χ0n) is 13.0. The average molecular weight is 311 g/mol. The first kappa shape index (κ1) is 16.8. The summed E-state index contributed by atoms with van der Waals surface area (Å²) in [5.74, 6) is -1.33. The highest BCUT2D eigenvalue weighted by Crippen LogP contribution is 2.17. The van der Waals surface area contributed by atoms with Gasteiger partial charge in [-0.25, -0.2) is 8.78 Å². The van der Waals surface area contributed by atoms with Gasteiger partial charge in [-0.15, -0.1) is 0 Å². The van der Waals surface area contributed by atoms with Crippen molar-refractivity contribution in [3.63, 3.8) is 0 Å². The zero-order chi connectivity index (χ0) is 16.1. The Morgan fingerprint density at radius 3 is 2.50 bits per heavy atom. The van der Waals surface area contributed by atoms with E-state index in [1.165, 1.54) is 6.07 Å². The van der Waals surface area contributed by atoms with Gasteiger partial charge in [-0.3, -0.25) is 15.6 Å². The van der Waals surface area contributed by atoms with Crippen LogP contribution in [0.3, 0.4) is 0 Å². The number of hydrogen-bond donors (Lipinski definition) is 3. The molecule has 4 nitrogen and oxygen atoms in total. The molecule has 1 aliphatic rings. The molecule has 0 radical (unpaired) electrons. The van der Waals surface area contributed by atoms with E-state index in [1.807, 2.05) is 0 Å². The molecule has 1 aromatic carbocycles. The van der Waals surface area contributed by atoms with Crippen LogP contribution in [0, 0.1) is 17.6 Å². The van der Waals surface area contributed by atoms with Crippen molar-refractivity contribution < 1.29 is 13.6 Å². The Kier molecular flexibility index (Phi) is 5.85. The maximum Gasteiger partial charge on any atom is 0.220 e. The van der Waals surface area contributed by atoms with Gasteiger partial charge in [-0.1, -0.05) is 6.07 Å². The quantitative estimate of drug-likeness (QED) is 0.752. The van der Waals surface area contributed by atoms with Crippen LogP contribution in [0.5, 0.6) is 0 Å². The van der Waals surface area contributed by atoms with Crippen LogP contribution in [-0.4, -0.2) is 24.5 Å². The monoisotopic (exact) mass is 311 g/mol. The fraction of sp³-hybridized carbons (Fsp3) is 0.562. The van der Waals surface area contributed by atoms with Gasteiger partial charge in [-0.2, -0.15) is 0 Å². The molecule has 0 aliphatic carbocycles. The highest BCUT2D eigenvalue weighted by Gasteiger charge is 2.28. The molecule has 0 spiro atoms. The molecule has 22 heavy (non-hydrogen) atoms. The van der Waals surface area contributed by atoms with Gasteiger partial charge in [0.2, 0.25) is 5.91 Å². The number of benzene rings is 1. The molecule has 2 unspecified atom stereocenters. The summed E-state index contributed by atoms with van der Waals surface area (Å²) in [6.45, 7) is 4.86. The summed E-state index contributed by atoms with van der Waals surface area (Å²) in [4.78, 5) is 11.8. The van der Waals surface area contributed by atoms with Crippen LogP contribution >= 0.6 is 0 Å². The van der Waals surface area contributed by atoms with Crippen LogP contribution in [0.25, 0.3) is 0 Å². The second kappa shape index (κ2) is 7.65. The molecule has 1 aromatic rings. The van der Waals surface area contributed by atoms with Gasteiger partial charge in [-0.05, 0) is 50.3 Å². The van der Waals surface area contributed by atoms with E-state index >= 15 is 0 Å². The first-order chi connectivity index (χ1) is 10.5. The van der Waals surface area contributed by atoms with Crippen LogP contribution in [0.15, 0.2) is 18.2 Å². The van der Waals surface area contributed by atoms with Crippen molar-refractivity contribution in [3.05, 3.63) is 35.4 Å². The Balaban J connectivity index is 1.68. The predicted octanol–water partition coefficient (Wildman–Crippen LogP) is 1.90. The molecule has 1 heterocycles. The molecule has 1 fully saturated rings. The minimum absolute atomic E-state index is 0.0658. The summed E-state index contributed by atoms with van der Waals surface area (Å²) >= 11 is 0. The first-order valence-corrected chi connectivity index (χ1v) is 7.69. The van der Waals surface area contributed by atoms with Crippen molar-refractivity contribution in [1.82, 2.24) is 16.2 Å². The highest BCUT2D eigenvalue weighted by molar-refractivity contribution is 5.76. The normalized spacial score (nSPS) is 24.5.